The molecule has 0 saturated carbocycles. The highest BCUT2D eigenvalue weighted by Gasteiger charge is 2.18. The Balaban J connectivity index is 2.05. The molecule has 1 unspecified atom stereocenters. The van der Waals surface area contributed by atoms with Gasteiger partial charge in [0.1, 0.15) is 11.3 Å². The maximum absolute atomic E-state index is 11.9. The van der Waals surface area contributed by atoms with Crippen LogP contribution in [0.25, 0.3) is 11.0 Å². The molecule has 0 spiro atoms. The number of para-hydroxylation sites is 1. The first-order chi connectivity index (χ1) is 9.52. The number of fused-ring (bicyclic) bond motifs is 1. The first-order valence-corrected chi connectivity index (χ1v) is 8.75. The number of sulfonamides is 1. The van der Waals surface area contributed by atoms with Gasteiger partial charge in [0.15, 0.2) is 0 Å². The molecule has 0 bridgehead atoms. The van der Waals surface area contributed by atoms with Gasteiger partial charge in [-0.2, -0.15) is 0 Å². The molecule has 110 valence electrons. The molecule has 0 amide bonds. The third-order valence-corrected chi connectivity index (χ3v) is 4.83. The molecule has 0 aliphatic heterocycles. The van der Waals surface area contributed by atoms with Gasteiger partial charge in [-0.1, -0.05) is 18.2 Å². The van der Waals surface area contributed by atoms with Crippen molar-refractivity contribution in [2.24, 2.45) is 0 Å². The molecule has 0 aliphatic carbocycles. The van der Waals surface area contributed by atoms with Gasteiger partial charge in [0.05, 0.1) is 11.8 Å². The smallest absolute Gasteiger partial charge is 0.212 e. The number of nitrogens with one attached hydrogen (secondary N) is 1. The molecule has 0 saturated heterocycles. The van der Waals surface area contributed by atoms with Crippen LogP contribution in [0.5, 0.6) is 0 Å². The standard InChI is InChI=1S/C14H18ClNO3S/c1-11(16-20(17,18)9-5-4-8-15)14-10-12-6-2-3-7-13(12)19-14/h2-3,6-7,10-11,16H,4-5,8-9H2,1H3. The largest absolute Gasteiger partial charge is 0.459 e. The maximum atomic E-state index is 11.9. The maximum Gasteiger partial charge on any atom is 0.212 e. The Labute approximate surface area is 124 Å². The van der Waals surface area contributed by atoms with Crippen molar-refractivity contribution in [3.05, 3.63) is 36.1 Å². The Bertz CT molecular complexity index is 633. The van der Waals surface area contributed by atoms with Crippen molar-refractivity contribution < 1.29 is 12.8 Å². The summed E-state index contributed by atoms with van der Waals surface area (Å²) in [7, 11) is -3.31. The zero-order chi connectivity index (χ0) is 14.6. The number of rotatable bonds is 7. The Morgan fingerprint density at radius 3 is 2.75 bits per heavy atom. The Morgan fingerprint density at radius 1 is 1.30 bits per heavy atom. The Kier molecular flexibility index (Phi) is 5.07. The topological polar surface area (TPSA) is 59.3 Å². The van der Waals surface area contributed by atoms with Crippen LogP contribution in [0, 0.1) is 0 Å². The molecule has 1 N–H and O–H groups in total. The van der Waals surface area contributed by atoms with E-state index in [1.807, 2.05) is 30.3 Å². The number of hydrogen-bond donors (Lipinski definition) is 1. The third-order valence-electron chi connectivity index (χ3n) is 3.02. The number of halogens is 1. The molecule has 1 aromatic heterocycles. The van der Waals surface area contributed by atoms with E-state index < -0.39 is 10.0 Å². The van der Waals surface area contributed by atoms with E-state index in [1.54, 1.807) is 6.92 Å². The van der Waals surface area contributed by atoms with Crippen LogP contribution in [-0.2, 0) is 10.0 Å². The minimum atomic E-state index is -3.31. The summed E-state index contributed by atoms with van der Waals surface area (Å²) in [5, 5.41) is 0.968. The summed E-state index contributed by atoms with van der Waals surface area (Å²) in [5.41, 5.74) is 0.760. The summed E-state index contributed by atoms with van der Waals surface area (Å²) in [6.07, 6.45) is 1.26. The van der Waals surface area contributed by atoms with Gasteiger partial charge in [0, 0.05) is 11.3 Å². The van der Waals surface area contributed by atoms with E-state index in [2.05, 4.69) is 4.72 Å². The molecule has 0 radical (unpaired) electrons. The van der Waals surface area contributed by atoms with E-state index in [-0.39, 0.29) is 11.8 Å². The van der Waals surface area contributed by atoms with E-state index >= 15 is 0 Å². The van der Waals surface area contributed by atoms with Gasteiger partial charge < -0.3 is 4.42 Å². The number of alkyl halides is 1. The van der Waals surface area contributed by atoms with E-state index in [0.717, 1.165) is 11.0 Å². The second kappa shape index (κ2) is 6.61. The summed E-state index contributed by atoms with van der Waals surface area (Å²) in [4.78, 5) is 0. The molecule has 4 nitrogen and oxygen atoms in total. The first-order valence-electron chi connectivity index (χ1n) is 6.56. The fraction of sp³-hybridized carbons (Fsp3) is 0.429. The molecular formula is C14H18ClNO3S. The van der Waals surface area contributed by atoms with Crippen molar-refractivity contribution in [2.75, 3.05) is 11.6 Å². The predicted molar refractivity (Wildman–Crippen MR) is 81.5 cm³/mol. The second-order valence-corrected chi connectivity index (χ2v) is 6.99. The van der Waals surface area contributed by atoms with E-state index in [0.29, 0.717) is 24.5 Å². The number of furan rings is 1. The van der Waals surface area contributed by atoms with Crippen molar-refractivity contribution in [1.29, 1.82) is 0 Å². The summed E-state index contributed by atoms with van der Waals surface area (Å²) in [6.45, 7) is 1.77. The van der Waals surface area contributed by atoms with Crippen molar-refractivity contribution in [3.8, 4) is 0 Å². The van der Waals surface area contributed by atoms with E-state index in [1.165, 1.54) is 0 Å². The molecule has 1 heterocycles. The highest BCUT2D eigenvalue weighted by atomic mass is 35.5. The van der Waals surface area contributed by atoms with Crippen LogP contribution in [0.15, 0.2) is 34.7 Å². The number of unbranched alkanes of at least 4 members (excludes halogenated alkanes) is 1. The predicted octanol–water partition coefficient (Wildman–Crippen LogP) is 3.43. The van der Waals surface area contributed by atoms with Crippen molar-refractivity contribution in [2.45, 2.75) is 25.8 Å². The van der Waals surface area contributed by atoms with Gasteiger partial charge in [0.2, 0.25) is 10.0 Å². The molecular weight excluding hydrogens is 298 g/mol. The molecule has 6 heteroatoms. The summed E-state index contributed by atoms with van der Waals surface area (Å²) in [6, 6.07) is 9.08. The average Bonchev–Trinajstić information content (AvgIpc) is 2.82. The first kappa shape index (κ1) is 15.4. The summed E-state index contributed by atoms with van der Waals surface area (Å²) >= 11 is 5.55. The lowest BCUT2D eigenvalue weighted by atomic mass is 10.2. The highest BCUT2D eigenvalue weighted by molar-refractivity contribution is 7.89. The van der Waals surface area contributed by atoms with Crippen LogP contribution >= 0.6 is 11.6 Å². The van der Waals surface area contributed by atoms with E-state index in [9.17, 15) is 8.42 Å². The van der Waals surface area contributed by atoms with Gasteiger partial charge in [-0.15, -0.1) is 11.6 Å². The van der Waals surface area contributed by atoms with Crippen LogP contribution in [0.2, 0.25) is 0 Å². The molecule has 0 fully saturated rings. The lowest BCUT2D eigenvalue weighted by molar-refractivity contribution is 0.484. The molecule has 2 aromatic rings. The lowest BCUT2D eigenvalue weighted by Gasteiger charge is -2.11. The second-order valence-electron chi connectivity index (χ2n) is 4.74. The fourth-order valence-electron chi connectivity index (χ4n) is 1.99. The molecule has 20 heavy (non-hydrogen) atoms. The van der Waals surface area contributed by atoms with Crippen LogP contribution in [0.3, 0.4) is 0 Å². The van der Waals surface area contributed by atoms with Gasteiger partial charge in [-0.05, 0) is 31.9 Å². The molecule has 1 atom stereocenters. The normalized spacial score (nSPS) is 13.7. The van der Waals surface area contributed by atoms with Gasteiger partial charge in [-0.3, -0.25) is 0 Å². The van der Waals surface area contributed by atoms with Crippen molar-refractivity contribution in [3.63, 3.8) is 0 Å². The zero-order valence-electron chi connectivity index (χ0n) is 11.3. The van der Waals surface area contributed by atoms with Gasteiger partial charge in [-0.25, -0.2) is 13.1 Å². The monoisotopic (exact) mass is 315 g/mol. The minimum Gasteiger partial charge on any atom is -0.459 e. The van der Waals surface area contributed by atoms with Crippen LogP contribution in [0.1, 0.15) is 31.6 Å². The fourth-order valence-corrected chi connectivity index (χ4v) is 3.53. The Hall–Kier alpha value is -1.04. The molecule has 0 aliphatic rings. The minimum absolute atomic E-state index is 0.0876. The van der Waals surface area contributed by atoms with E-state index in [4.69, 9.17) is 16.0 Å². The van der Waals surface area contributed by atoms with Gasteiger partial charge in [0.25, 0.3) is 0 Å². The third kappa shape index (κ3) is 3.98. The molecule has 2 rings (SSSR count). The Morgan fingerprint density at radius 2 is 2.05 bits per heavy atom. The highest BCUT2D eigenvalue weighted by Crippen LogP contribution is 2.24. The summed E-state index contributed by atoms with van der Waals surface area (Å²) < 4.78 is 32.1. The SMILES string of the molecule is CC(NS(=O)(=O)CCCCCl)c1cc2ccccc2o1. The van der Waals surface area contributed by atoms with Gasteiger partial charge >= 0.3 is 0 Å². The molecule has 1 aromatic carbocycles. The lowest BCUT2D eigenvalue weighted by Crippen LogP contribution is -2.29. The van der Waals surface area contributed by atoms with Crippen molar-refractivity contribution >= 4 is 32.6 Å². The van der Waals surface area contributed by atoms with Crippen molar-refractivity contribution in [1.82, 2.24) is 4.72 Å². The quantitative estimate of drug-likeness (QED) is 0.629. The number of benzene rings is 1. The zero-order valence-corrected chi connectivity index (χ0v) is 12.9. The average molecular weight is 316 g/mol. The number of hydrogen-bond acceptors (Lipinski definition) is 3. The van der Waals surface area contributed by atoms with Crippen LogP contribution in [-0.4, -0.2) is 20.1 Å². The van der Waals surface area contributed by atoms with Crippen LogP contribution < -0.4 is 4.72 Å². The van der Waals surface area contributed by atoms with Crippen LogP contribution in [0.4, 0.5) is 0 Å². The summed E-state index contributed by atoms with van der Waals surface area (Å²) in [5.74, 6) is 1.19.